The van der Waals surface area contributed by atoms with Gasteiger partial charge in [-0.3, -0.25) is 0 Å². The number of hydrogen-bond donors (Lipinski definition) is 0. The van der Waals surface area contributed by atoms with Gasteiger partial charge in [0.15, 0.2) is 0 Å². The Kier molecular flexibility index (Phi) is 4.15. The van der Waals surface area contributed by atoms with Gasteiger partial charge in [0.05, 0.1) is 16.9 Å². The van der Waals surface area contributed by atoms with Crippen LogP contribution in [0.4, 0.5) is 8.78 Å². The molecule has 4 nitrogen and oxygen atoms in total. The van der Waals surface area contributed by atoms with Gasteiger partial charge in [0.2, 0.25) is 0 Å². The summed E-state index contributed by atoms with van der Waals surface area (Å²) in [7, 11) is 0. The number of rotatable bonds is 4. The zero-order valence-corrected chi connectivity index (χ0v) is 13.6. The van der Waals surface area contributed by atoms with Crippen LogP contribution in [0.1, 0.15) is 11.1 Å². The molecule has 4 rings (SSSR count). The quantitative estimate of drug-likeness (QED) is 0.535. The van der Waals surface area contributed by atoms with Gasteiger partial charge in [-0.25, -0.2) is 9.36 Å². The summed E-state index contributed by atoms with van der Waals surface area (Å²) in [6.45, 7) is 0. The fourth-order valence-corrected chi connectivity index (χ4v) is 2.84. The van der Waals surface area contributed by atoms with Gasteiger partial charge in [0.25, 0.3) is 6.08 Å². The smallest absolute Gasteiger partial charge is 0.241 e. The lowest BCUT2D eigenvalue weighted by Crippen LogP contribution is -1.98. The van der Waals surface area contributed by atoms with Crippen molar-refractivity contribution in [3.05, 3.63) is 103 Å². The number of halogens is 2. The highest BCUT2D eigenvalue weighted by Gasteiger charge is 2.14. The Hall–Kier alpha value is -3.54. The van der Waals surface area contributed by atoms with E-state index in [4.69, 9.17) is 0 Å². The van der Waals surface area contributed by atoms with Gasteiger partial charge in [-0.2, -0.15) is 19.0 Å². The maximum atomic E-state index is 13.9. The largest absolute Gasteiger partial charge is 0.278 e. The second kappa shape index (κ2) is 6.76. The molecule has 0 spiro atoms. The second-order valence-electron chi connectivity index (χ2n) is 5.64. The van der Waals surface area contributed by atoms with Crippen molar-refractivity contribution in [1.82, 2.24) is 19.6 Å². The van der Waals surface area contributed by atoms with Crippen molar-refractivity contribution in [2.75, 3.05) is 0 Å². The van der Waals surface area contributed by atoms with Gasteiger partial charge in [0.1, 0.15) is 0 Å². The summed E-state index contributed by atoms with van der Waals surface area (Å²) in [5.74, 6) is 0. The lowest BCUT2D eigenvalue weighted by Gasteiger charge is -2.11. The van der Waals surface area contributed by atoms with Gasteiger partial charge in [-0.05, 0) is 47.5 Å². The van der Waals surface area contributed by atoms with Crippen LogP contribution in [0.5, 0.6) is 0 Å². The molecule has 2 heterocycles. The predicted molar refractivity (Wildman–Crippen MR) is 95.4 cm³/mol. The van der Waals surface area contributed by atoms with E-state index in [9.17, 15) is 8.78 Å². The number of aromatic nitrogens is 4. The highest BCUT2D eigenvalue weighted by molar-refractivity contribution is 5.81. The third-order valence-corrected chi connectivity index (χ3v) is 4.00. The number of nitrogens with zero attached hydrogens (tertiary/aromatic N) is 4. The van der Waals surface area contributed by atoms with Crippen LogP contribution in [-0.2, 0) is 0 Å². The Morgan fingerprint density at radius 1 is 0.692 bits per heavy atom. The van der Waals surface area contributed by atoms with E-state index in [1.165, 1.54) is 0 Å². The van der Waals surface area contributed by atoms with Crippen molar-refractivity contribution in [1.29, 1.82) is 0 Å². The van der Waals surface area contributed by atoms with Crippen molar-refractivity contribution in [3.8, 4) is 11.4 Å². The van der Waals surface area contributed by atoms with Crippen LogP contribution in [0.25, 0.3) is 16.9 Å². The summed E-state index contributed by atoms with van der Waals surface area (Å²) in [6.07, 6.45) is 5.10. The van der Waals surface area contributed by atoms with Crippen molar-refractivity contribution in [3.63, 3.8) is 0 Å². The minimum absolute atomic E-state index is 0.104. The molecule has 4 aromatic rings. The molecular weight excluding hydrogens is 334 g/mol. The van der Waals surface area contributed by atoms with Crippen molar-refractivity contribution >= 4 is 5.57 Å². The first-order valence-corrected chi connectivity index (χ1v) is 7.98. The highest BCUT2D eigenvalue weighted by Crippen LogP contribution is 2.30. The van der Waals surface area contributed by atoms with Crippen LogP contribution >= 0.6 is 0 Å². The molecule has 0 N–H and O–H groups in total. The number of hydrogen-bond acceptors (Lipinski definition) is 2. The SMILES string of the molecule is FC(F)=C(c1cccc(-n2cccn2)c1)c1cccc(-n2cccn2)c1. The molecule has 0 unspecified atom stereocenters. The van der Waals surface area contributed by atoms with Gasteiger partial charge in [-0.1, -0.05) is 24.3 Å². The third-order valence-electron chi connectivity index (χ3n) is 4.00. The normalized spacial score (nSPS) is 10.7. The van der Waals surface area contributed by atoms with Gasteiger partial charge >= 0.3 is 0 Å². The van der Waals surface area contributed by atoms with E-state index in [0.29, 0.717) is 11.1 Å². The minimum atomic E-state index is -1.74. The van der Waals surface area contributed by atoms with Crippen molar-refractivity contribution in [2.24, 2.45) is 0 Å². The fourth-order valence-electron chi connectivity index (χ4n) is 2.84. The molecule has 26 heavy (non-hydrogen) atoms. The van der Waals surface area contributed by atoms with E-state index in [2.05, 4.69) is 10.2 Å². The molecule has 2 aromatic heterocycles. The average Bonchev–Trinajstić information content (AvgIpc) is 3.36. The second-order valence-corrected chi connectivity index (χ2v) is 5.64. The topological polar surface area (TPSA) is 35.6 Å². The van der Waals surface area contributed by atoms with Crippen molar-refractivity contribution in [2.45, 2.75) is 0 Å². The molecule has 0 aliphatic carbocycles. The molecular formula is C20H14F2N4. The summed E-state index contributed by atoms with van der Waals surface area (Å²) < 4.78 is 31.0. The summed E-state index contributed by atoms with van der Waals surface area (Å²) in [4.78, 5) is 0. The molecule has 0 aliphatic heterocycles. The van der Waals surface area contributed by atoms with Gasteiger partial charge in [-0.15, -0.1) is 0 Å². The Bertz CT molecular complexity index is 967. The van der Waals surface area contributed by atoms with Crippen molar-refractivity contribution < 1.29 is 8.78 Å². The standard InChI is InChI=1S/C20H14F2N4/c21-20(22)19(15-5-1-7-17(13-15)25-11-3-9-23-25)16-6-2-8-18(14-16)26-12-4-10-24-26/h1-14H. The van der Waals surface area contributed by atoms with E-state index in [1.54, 1.807) is 82.7 Å². The Labute approximate surface area is 148 Å². The first-order chi connectivity index (χ1) is 12.7. The summed E-state index contributed by atoms with van der Waals surface area (Å²) in [5.41, 5.74) is 2.18. The van der Waals surface area contributed by atoms with Crippen LogP contribution in [0.15, 0.2) is 91.5 Å². The Morgan fingerprint density at radius 3 is 1.58 bits per heavy atom. The minimum Gasteiger partial charge on any atom is -0.241 e. The maximum absolute atomic E-state index is 13.9. The molecule has 6 heteroatoms. The van der Waals surface area contributed by atoms with Crippen LogP contribution in [0.2, 0.25) is 0 Å². The molecule has 0 saturated heterocycles. The lowest BCUT2D eigenvalue weighted by atomic mass is 9.98. The first kappa shape index (κ1) is 16.0. The maximum Gasteiger partial charge on any atom is 0.278 e. The Balaban J connectivity index is 1.80. The molecule has 0 fully saturated rings. The molecule has 128 valence electrons. The summed E-state index contributed by atoms with van der Waals surface area (Å²) >= 11 is 0. The monoisotopic (exact) mass is 348 g/mol. The first-order valence-electron chi connectivity index (χ1n) is 7.98. The Morgan fingerprint density at radius 2 is 1.19 bits per heavy atom. The van der Waals surface area contributed by atoms with Crippen LogP contribution in [0.3, 0.4) is 0 Å². The summed E-state index contributed by atoms with van der Waals surface area (Å²) in [6, 6.07) is 17.4. The van der Waals surface area contributed by atoms with E-state index in [-0.39, 0.29) is 5.57 Å². The fraction of sp³-hybridized carbons (Fsp3) is 0. The van der Waals surface area contributed by atoms with Crippen LogP contribution in [0, 0.1) is 0 Å². The lowest BCUT2D eigenvalue weighted by molar-refractivity contribution is 0.426. The number of benzene rings is 2. The molecule has 0 atom stereocenters. The summed E-state index contributed by atoms with van der Waals surface area (Å²) in [5, 5.41) is 8.31. The van der Waals surface area contributed by atoms with E-state index < -0.39 is 6.08 Å². The van der Waals surface area contributed by atoms with Gasteiger partial charge < -0.3 is 0 Å². The zero-order valence-electron chi connectivity index (χ0n) is 13.6. The molecule has 0 radical (unpaired) electrons. The molecule has 0 saturated carbocycles. The third kappa shape index (κ3) is 3.04. The molecule has 0 bridgehead atoms. The van der Waals surface area contributed by atoms with E-state index in [1.807, 2.05) is 12.1 Å². The van der Waals surface area contributed by atoms with E-state index in [0.717, 1.165) is 11.4 Å². The molecule has 0 aliphatic rings. The molecule has 2 aromatic carbocycles. The average molecular weight is 348 g/mol. The predicted octanol–water partition coefficient (Wildman–Crippen LogP) is 4.71. The van der Waals surface area contributed by atoms with E-state index >= 15 is 0 Å². The van der Waals surface area contributed by atoms with Crippen LogP contribution in [-0.4, -0.2) is 19.6 Å². The van der Waals surface area contributed by atoms with Crippen LogP contribution < -0.4 is 0 Å². The zero-order chi connectivity index (χ0) is 17.9. The van der Waals surface area contributed by atoms with Gasteiger partial charge in [0, 0.05) is 24.8 Å². The highest BCUT2D eigenvalue weighted by atomic mass is 19.3. The molecule has 0 amide bonds.